The largest absolute Gasteiger partial charge is 0.497 e. The molecule has 2 aliphatic heterocycles. The molecule has 1 spiro atoms. The van der Waals surface area contributed by atoms with Crippen LogP contribution in [0.1, 0.15) is 34.3 Å². The Morgan fingerprint density at radius 2 is 1.67 bits per heavy atom. The Balaban J connectivity index is 1.43. The van der Waals surface area contributed by atoms with Crippen LogP contribution in [0.15, 0.2) is 66.7 Å². The van der Waals surface area contributed by atoms with Crippen LogP contribution >= 0.6 is 0 Å². The number of fused-ring (bicyclic) bond motifs is 2. The molecule has 0 atom stereocenters. The fourth-order valence-electron chi connectivity index (χ4n) is 5.20. The molecule has 2 heterocycles. The van der Waals surface area contributed by atoms with Crippen molar-refractivity contribution in [3.63, 3.8) is 0 Å². The van der Waals surface area contributed by atoms with Crippen LogP contribution < -0.4 is 9.64 Å². The van der Waals surface area contributed by atoms with Gasteiger partial charge in [-0.05, 0) is 67.4 Å². The van der Waals surface area contributed by atoms with Crippen molar-refractivity contribution in [2.45, 2.75) is 24.8 Å². The molecule has 0 aromatic heterocycles. The molecule has 1 fully saturated rings. The van der Waals surface area contributed by atoms with Gasteiger partial charge in [-0.2, -0.15) is 0 Å². The number of hydrogen-bond acceptors (Lipinski definition) is 3. The highest BCUT2D eigenvalue weighted by Gasteiger charge is 2.46. The van der Waals surface area contributed by atoms with E-state index in [-0.39, 0.29) is 16.9 Å². The van der Waals surface area contributed by atoms with Crippen molar-refractivity contribution in [1.29, 1.82) is 0 Å². The minimum atomic E-state index is -0.753. The van der Waals surface area contributed by atoms with E-state index in [1.165, 1.54) is 5.56 Å². The molecule has 1 amide bonds. The number of rotatable bonds is 4. The summed E-state index contributed by atoms with van der Waals surface area (Å²) >= 11 is 0. The molecule has 5 rings (SSSR count). The van der Waals surface area contributed by atoms with Crippen LogP contribution in [0.3, 0.4) is 0 Å². The molecule has 0 radical (unpaired) electrons. The van der Waals surface area contributed by atoms with Crippen LogP contribution in [0.25, 0.3) is 0 Å². The Morgan fingerprint density at radius 3 is 2.33 bits per heavy atom. The van der Waals surface area contributed by atoms with E-state index in [0.29, 0.717) is 6.54 Å². The summed E-state index contributed by atoms with van der Waals surface area (Å²) in [4.78, 5) is 17.5. The molecule has 0 unspecified atom stereocenters. The number of piperidine rings is 1. The number of amides is 1. The molecule has 170 valence electrons. The van der Waals surface area contributed by atoms with Crippen molar-refractivity contribution in [3.05, 3.63) is 95.1 Å². The van der Waals surface area contributed by atoms with Crippen molar-refractivity contribution in [3.8, 4) is 5.75 Å². The Kier molecular flexibility index (Phi) is 5.62. The molecule has 1 saturated heterocycles. The number of carbonyl (C=O) groups excluding carboxylic acids is 1. The predicted molar refractivity (Wildman–Crippen MR) is 124 cm³/mol. The number of halogens is 2. The molecule has 3 aromatic carbocycles. The molecule has 0 N–H and O–H groups in total. The lowest BCUT2D eigenvalue weighted by molar-refractivity contribution is 0.0974. The summed E-state index contributed by atoms with van der Waals surface area (Å²) in [5, 5.41) is 0. The molecule has 4 nitrogen and oxygen atoms in total. The molecule has 0 saturated carbocycles. The van der Waals surface area contributed by atoms with Crippen LogP contribution in [0.5, 0.6) is 5.75 Å². The van der Waals surface area contributed by atoms with E-state index in [1.807, 2.05) is 24.3 Å². The van der Waals surface area contributed by atoms with E-state index < -0.39 is 11.6 Å². The fourth-order valence-corrected chi connectivity index (χ4v) is 5.20. The lowest BCUT2D eigenvalue weighted by Gasteiger charge is -2.40. The van der Waals surface area contributed by atoms with Gasteiger partial charge >= 0.3 is 0 Å². The first-order chi connectivity index (χ1) is 16.0. The molecule has 6 heteroatoms. The summed E-state index contributed by atoms with van der Waals surface area (Å²) < 4.78 is 33.1. The molecular formula is C27H26F2N2O2. The first kappa shape index (κ1) is 21.6. The minimum absolute atomic E-state index is 0.0211. The highest BCUT2D eigenvalue weighted by Crippen LogP contribution is 2.48. The average molecular weight is 449 g/mol. The van der Waals surface area contributed by atoms with E-state index in [4.69, 9.17) is 4.74 Å². The zero-order valence-corrected chi connectivity index (χ0v) is 18.6. The van der Waals surface area contributed by atoms with Gasteiger partial charge in [0, 0.05) is 35.8 Å². The van der Waals surface area contributed by atoms with Crippen LogP contribution in [0.2, 0.25) is 0 Å². The van der Waals surface area contributed by atoms with Gasteiger partial charge in [0.1, 0.15) is 17.4 Å². The zero-order valence-electron chi connectivity index (χ0n) is 18.6. The average Bonchev–Trinajstić information content (AvgIpc) is 3.13. The number of carbonyl (C=O) groups is 1. The Morgan fingerprint density at radius 1 is 0.970 bits per heavy atom. The van der Waals surface area contributed by atoms with Gasteiger partial charge in [0.2, 0.25) is 0 Å². The number of nitrogens with zero attached hydrogens (tertiary/aromatic N) is 2. The van der Waals surface area contributed by atoms with E-state index >= 15 is 0 Å². The van der Waals surface area contributed by atoms with Gasteiger partial charge in [-0.25, -0.2) is 8.78 Å². The van der Waals surface area contributed by atoms with Gasteiger partial charge < -0.3 is 9.64 Å². The molecule has 33 heavy (non-hydrogen) atoms. The van der Waals surface area contributed by atoms with Crippen molar-refractivity contribution < 1.29 is 18.3 Å². The lowest BCUT2D eigenvalue weighted by atomic mass is 9.74. The van der Waals surface area contributed by atoms with Crippen LogP contribution in [-0.2, 0) is 12.0 Å². The number of ether oxygens (including phenoxy) is 1. The van der Waals surface area contributed by atoms with Crippen molar-refractivity contribution in [2.24, 2.45) is 0 Å². The third-order valence-corrected chi connectivity index (χ3v) is 6.94. The Hall–Kier alpha value is -3.25. The number of methoxy groups -OCH3 is 1. The fraction of sp³-hybridized carbons (Fsp3) is 0.296. The number of anilines is 1. The smallest absolute Gasteiger partial charge is 0.258 e. The predicted octanol–water partition coefficient (Wildman–Crippen LogP) is 5.17. The number of hydrogen-bond donors (Lipinski definition) is 0. The molecule has 2 aliphatic rings. The van der Waals surface area contributed by atoms with Gasteiger partial charge in [-0.15, -0.1) is 0 Å². The maximum atomic E-state index is 13.8. The van der Waals surface area contributed by atoms with Gasteiger partial charge in [-0.1, -0.05) is 30.3 Å². The van der Waals surface area contributed by atoms with Gasteiger partial charge in [0.15, 0.2) is 0 Å². The van der Waals surface area contributed by atoms with Crippen LogP contribution in [0, 0.1) is 11.6 Å². The first-order valence-corrected chi connectivity index (χ1v) is 11.2. The van der Waals surface area contributed by atoms with E-state index in [2.05, 4.69) is 29.2 Å². The quantitative estimate of drug-likeness (QED) is 0.552. The molecule has 3 aromatic rings. The molecule has 0 bridgehead atoms. The van der Waals surface area contributed by atoms with Crippen molar-refractivity contribution in [2.75, 3.05) is 31.6 Å². The first-order valence-electron chi connectivity index (χ1n) is 11.2. The SMILES string of the molecule is COc1ccc2c(c1)C1(CCN(Cc3ccccc3)CC1)CN2C(=O)c1cc(F)cc(F)c1. The normalized spacial score (nSPS) is 17.2. The maximum Gasteiger partial charge on any atom is 0.258 e. The Labute approximate surface area is 192 Å². The maximum absolute atomic E-state index is 13.8. The molecule has 0 aliphatic carbocycles. The van der Waals surface area contributed by atoms with Gasteiger partial charge in [0.25, 0.3) is 5.91 Å². The minimum Gasteiger partial charge on any atom is -0.497 e. The van der Waals surface area contributed by atoms with Gasteiger partial charge in [0.05, 0.1) is 7.11 Å². The summed E-state index contributed by atoms with van der Waals surface area (Å²) in [7, 11) is 1.63. The summed E-state index contributed by atoms with van der Waals surface area (Å²) in [5.41, 5.74) is 2.96. The van der Waals surface area contributed by atoms with E-state index in [1.54, 1.807) is 12.0 Å². The van der Waals surface area contributed by atoms with E-state index in [0.717, 1.165) is 67.7 Å². The summed E-state index contributed by atoms with van der Waals surface area (Å²) in [6.45, 7) is 3.20. The summed E-state index contributed by atoms with van der Waals surface area (Å²) in [6, 6.07) is 19.1. The van der Waals surface area contributed by atoms with Gasteiger partial charge in [-0.3, -0.25) is 9.69 Å². The highest BCUT2D eigenvalue weighted by molar-refractivity contribution is 6.07. The summed E-state index contributed by atoms with van der Waals surface area (Å²) in [6.07, 6.45) is 1.78. The van der Waals surface area contributed by atoms with Crippen LogP contribution in [-0.4, -0.2) is 37.6 Å². The van der Waals surface area contributed by atoms with Crippen molar-refractivity contribution in [1.82, 2.24) is 4.90 Å². The van der Waals surface area contributed by atoms with E-state index in [9.17, 15) is 13.6 Å². The monoisotopic (exact) mass is 448 g/mol. The second kappa shape index (κ2) is 8.60. The summed E-state index contributed by atoms with van der Waals surface area (Å²) in [5.74, 6) is -1.15. The number of likely N-dealkylation sites (tertiary alicyclic amines) is 1. The van der Waals surface area contributed by atoms with Crippen molar-refractivity contribution >= 4 is 11.6 Å². The Bertz CT molecular complexity index is 1150. The molecular weight excluding hydrogens is 422 g/mol. The second-order valence-corrected chi connectivity index (χ2v) is 8.97. The third-order valence-electron chi connectivity index (χ3n) is 6.94. The zero-order chi connectivity index (χ0) is 23.0. The highest BCUT2D eigenvalue weighted by atomic mass is 19.1. The second-order valence-electron chi connectivity index (χ2n) is 8.97. The topological polar surface area (TPSA) is 32.8 Å². The standard InChI is InChI=1S/C27H26F2N2O2/c1-33-23-7-8-25-24(16-23)27(9-11-30(12-10-27)17-19-5-3-2-4-6-19)18-31(25)26(32)20-13-21(28)15-22(29)14-20/h2-8,13-16H,9-12,17-18H2,1H3. The number of benzene rings is 3. The third kappa shape index (κ3) is 4.11. The van der Waals surface area contributed by atoms with Crippen LogP contribution in [0.4, 0.5) is 14.5 Å². The lowest BCUT2D eigenvalue weighted by Crippen LogP contribution is -2.45.